The zero-order chi connectivity index (χ0) is 20.7. The Bertz CT molecular complexity index is 821. The summed E-state index contributed by atoms with van der Waals surface area (Å²) >= 11 is 0. The summed E-state index contributed by atoms with van der Waals surface area (Å²) in [7, 11) is 1.49. The second kappa shape index (κ2) is 10.3. The van der Waals surface area contributed by atoms with Crippen LogP contribution in [0.4, 0.5) is 13.2 Å². The minimum absolute atomic E-state index is 0.0555. The highest BCUT2D eigenvalue weighted by Gasteiger charge is 2.20. The van der Waals surface area contributed by atoms with Gasteiger partial charge in [0.25, 0.3) is 0 Å². The Morgan fingerprint density at radius 1 is 1.00 bits per heavy atom. The topological polar surface area (TPSA) is 35.5 Å². The van der Waals surface area contributed by atoms with Crippen LogP contribution in [0.1, 0.15) is 51.2 Å². The van der Waals surface area contributed by atoms with Crippen molar-refractivity contribution < 1.29 is 27.4 Å². The van der Waals surface area contributed by atoms with E-state index in [0.717, 1.165) is 6.42 Å². The molecule has 0 aromatic heterocycles. The molecule has 0 spiro atoms. The van der Waals surface area contributed by atoms with E-state index in [-0.39, 0.29) is 29.3 Å². The van der Waals surface area contributed by atoms with Crippen LogP contribution in [0.5, 0.6) is 5.75 Å². The summed E-state index contributed by atoms with van der Waals surface area (Å²) in [5, 5.41) is 0. The molecule has 3 nitrogen and oxygen atoms in total. The first-order valence-electron chi connectivity index (χ1n) is 9.37. The summed E-state index contributed by atoms with van der Waals surface area (Å²) < 4.78 is 53.5. The van der Waals surface area contributed by atoms with Crippen molar-refractivity contribution in [2.45, 2.75) is 45.6 Å². The van der Waals surface area contributed by atoms with Gasteiger partial charge in [-0.05, 0) is 43.5 Å². The number of hydrogen-bond acceptors (Lipinski definition) is 3. The van der Waals surface area contributed by atoms with Gasteiger partial charge in [-0.25, -0.2) is 8.78 Å². The van der Waals surface area contributed by atoms with Gasteiger partial charge in [0.15, 0.2) is 11.6 Å². The van der Waals surface area contributed by atoms with E-state index in [1.807, 2.05) is 6.92 Å². The number of methoxy groups -OCH3 is 1. The molecule has 0 N–H and O–H groups in total. The van der Waals surface area contributed by atoms with E-state index in [9.17, 15) is 18.0 Å². The van der Waals surface area contributed by atoms with Crippen molar-refractivity contribution >= 4 is 5.78 Å². The Hall–Kier alpha value is -2.34. The first-order valence-corrected chi connectivity index (χ1v) is 9.37. The van der Waals surface area contributed by atoms with Gasteiger partial charge in [-0.15, -0.1) is 0 Å². The normalized spacial score (nSPS) is 12.1. The molecule has 2 aromatic carbocycles. The SMILES string of the molecule is CCCC(=O)CCC(OC)c1ccc(-c2ccc(OCC)c(F)c2F)c(F)c1. The van der Waals surface area contributed by atoms with Crippen molar-refractivity contribution in [2.75, 3.05) is 13.7 Å². The molecule has 0 amide bonds. The van der Waals surface area contributed by atoms with Crippen LogP contribution in [0, 0.1) is 17.5 Å². The Balaban J connectivity index is 2.26. The van der Waals surface area contributed by atoms with E-state index in [1.54, 1.807) is 13.0 Å². The molecule has 0 aliphatic heterocycles. The van der Waals surface area contributed by atoms with Crippen molar-refractivity contribution in [3.8, 4) is 16.9 Å². The van der Waals surface area contributed by atoms with Gasteiger partial charge in [-0.3, -0.25) is 4.79 Å². The van der Waals surface area contributed by atoms with E-state index in [0.29, 0.717) is 24.8 Å². The van der Waals surface area contributed by atoms with Gasteiger partial charge in [-0.2, -0.15) is 4.39 Å². The molecule has 0 bridgehead atoms. The van der Waals surface area contributed by atoms with Gasteiger partial charge in [0, 0.05) is 31.1 Å². The van der Waals surface area contributed by atoms with Crippen LogP contribution < -0.4 is 4.74 Å². The number of halogens is 3. The van der Waals surface area contributed by atoms with Gasteiger partial charge in [0.2, 0.25) is 5.82 Å². The Labute approximate surface area is 163 Å². The molecule has 6 heteroatoms. The highest BCUT2D eigenvalue weighted by Crippen LogP contribution is 2.33. The van der Waals surface area contributed by atoms with Gasteiger partial charge >= 0.3 is 0 Å². The van der Waals surface area contributed by atoms with Crippen LogP contribution in [0.15, 0.2) is 30.3 Å². The first-order chi connectivity index (χ1) is 13.4. The van der Waals surface area contributed by atoms with Crippen molar-refractivity contribution in [2.24, 2.45) is 0 Å². The van der Waals surface area contributed by atoms with E-state index in [4.69, 9.17) is 9.47 Å². The van der Waals surface area contributed by atoms with Crippen molar-refractivity contribution in [1.29, 1.82) is 0 Å². The maximum atomic E-state index is 14.7. The summed E-state index contributed by atoms with van der Waals surface area (Å²) in [5.74, 6) is -3.08. The maximum Gasteiger partial charge on any atom is 0.201 e. The van der Waals surface area contributed by atoms with Crippen molar-refractivity contribution in [1.82, 2.24) is 0 Å². The fourth-order valence-electron chi connectivity index (χ4n) is 3.07. The molecule has 2 rings (SSSR count). The molecule has 0 aliphatic carbocycles. The van der Waals surface area contributed by atoms with Crippen molar-refractivity contribution in [3.63, 3.8) is 0 Å². The summed E-state index contributed by atoms with van der Waals surface area (Å²) in [6.45, 7) is 3.78. The smallest absolute Gasteiger partial charge is 0.201 e. The molecule has 1 atom stereocenters. The average Bonchev–Trinajstić information content (AvgIpc) is 2.67. The summed E-state index contributed by atoms with van der Waals surface area (Å²) in [5.41, 5.74) is 0.303. The highest BCUT2D eigenvalue weighted by atomic mass is 19.2. The zero-order valence-corrected chi connectivity index (χ0v) is 16.4. The van der Waals surface area contributed by atoms with Crippen molar-refractivity contribution in [3.05, 3.63) is 53.3 Å². The van der Waals surface area contributed by atoms with E-state index in [1.165, 1.54) is 31.4 Å². The molecular formula is C22H25F3O3. The molecule has 0 aliphatic rings. The van der Waals surface area contributed by atoms with Crippen LogP contribution in [-0.4, -0.2) is 19.5 Å². The minimum Gasteiger partial charge on any atom is -0.491 e. The van der Waals surface area contributed by atoms with Crippen LogP contribution in [0.2, 0.25) is 0 Å². The van der Waals surface area contributed by atoms with Gasteiger partial charge in [0.05, 0.1) is 12.7 Å². The molecule has 1 unspecified atom stereocenters. The van der Waals surface area contributed by atoms with Gasteiger partial charge < -0.3 is 9.47 Å². The van der Waals surface area contributed by atoms with Gasteiger partial charge in [-0.1, -0.05) is 19.1 Å². The Kier molecular flexibility index (Phi) is 8.05. The number of carbonyl (C=O) groups is 1. The molecule has 152 valence electrons. The lowest BCUT2D eigenvalue weighted by molar-refractivity contribution is -0.119. The highest BCUT2D eigenvalue weighted by molar-refractivity contribution is 5.78. The monoisotopic (exact) mass is 394 g/mol. The minimum atomic E-state index is -1.16. The third-order valence-corrected chi connectivity index (χ3v) is 4.50. The number of carbonyl (C=O) groups excluding carboxylic acids is 1. The van der Waals surface area contributed by atoms with Gasteiger partial charge in [0.1, 0.15) is 11.6 Å². The second-order valence-corrected chi connectivity index (χ2v) is 6.46. The van der Waals surface area contributed by atoms with E-state index in [2.05, 4.69) is 0 Å². The molecule has 2 aromatic rings. The third-order valence-electron chi connectivity index (χ3n) is 4.50. The molecule has 0 heterocycles. The fourth-order valence-corrected chi connectivity index (χ4v) is 3.07. The number of benzene rings is 2. The van der Waals surface area contributed by atoms with E-state index < -0.39 is 23.6 Å². The molecular weight excluding hydrogens is 369 g/mol. The standard InChI is InChI=1S/C22H25F3O3/c1-4-6-15(26)8-11-19(27-3)14-7-9-16(18(23)13-14)17-10-12-20(28-5-2)22(25)21(17)24/h7,9-10,12-13,19H,4-6,8,11H2,1-3H3. The second-order valence-electron chi connectivity index (χ2n) is 6.46. The summed E-state index contributed by atoms with van der Waals surface area (Å²) in [6, 6.07) is 6.80. The average molecular weight is 394 g/mol. The lowest BCUT2D eigenvalue weighted by Crippen LogP contribution is -2.06. The number of Topliss-reactive ketones (excluding diaryl/α,β-unsaturated/α-hetero) is 1. The van der Waals surface area contributed by atoms with Crippen LogP contribution >= 0.6 is 0 Å². The van der Waals surface area contributed by atoms with Crippen LogP contribution in [0.3, 0.4) is 0 Å². The third kappa shape index (κ3) is 5.13. The Morgan fingerprint density at radius 3 is 2.32 bits per heavy atom. The predicted octanol–water partition coefficient (Wildman–Crippen LogP) is 6.01. The largest absolute Gasteiger partial charge is 0.491 e. The molecule has 0 radical (unpaired) electrons. The summed E-state index contributed by atoms with van der Waals surface area (Å²) in [6.07, 6.45) is 1.61. The predicted molar refractivity (Wildman–Crippen MR) is 102 cm³/mol. The first kappa shape index (κ1) is 22.0. The number of hydrogen-bond donors (Lipinski definition) is 0. The molecule has 28 heavy (non-hydrogen) atoms. The molecule has 0 saturated heterocycles. The molecule has 0 fully saturated rings. The fraction of sp³-hybridized carbons (Fsp3) is 0.409. The lowest BCUT2D eigenvalue weighted by atomic mass is 9.97. The van der Waals surface area contributed by atoms with Crippen LogP contribution in [0.25, 0.3) is 11.1 Å². The number of ether oxygens (including phenoxy) is 2. The zero-order valence-electron chi connectivity index (χ0n) is 16.4. The van der Waals surface area contributed by atoms with E-state index >= 15 is 0 Å². The maximum absolute atomic E-state index is 14.7. The number of rotatable bonds is 10. The Morgan fingerprint density at radius 2 is 1.71 bits per heavy atom. The summed E-state index contributed by atoms with van der Waals surface area (Å²) in [4.78, 5) is 11.7. The van der Waals surface area contributed by atoms with Crippen LogP contribution in [-0.2, 0) is 9.53 Å². The molecule has 0 saturated carbocycles. The quantitative estimate of drug-likeness (QED) is 0.495. The number of ketones is 1. The lowest BCUT2D eigenvalue weighted by Gasteiger charge is -2.17.